The number of rotatable bonds is 10. The zero-order chi connectivity index (χ0) is 16.2. The van der Waals surface area contributed by atoms with Crippen molar-refractivity contribution in [2.24, 2.45) is 0 Å². The maximum Gasteiger partial charge on any atom is 0.305 e. The van der Waals surface area contributed by atoms with Crippen LogP contribution in [0.2, 0.25) is 0 Å². The molecule has 0 saturated heterocycles. The highest BCUT2D eigenvalue weighted by atomic mass is 16.5. The van der Waals surface area contributed by atoms with E-state index in [4.69, 9.17) is 4.42 Å². The fourth-order valence-corrected chi connectivity index (χ4v) is 1.77. The number of amides is 2. The minimum atomic E-state index is -0.333. The number of carbonyl (C=O) groups excluding carboxylic acids is 3. The Kier molecular flexibility index (Phi) is 8.40. The minimum absolute atomic E-state index is 0.118. The summed E-state index contributed by atoms with van der Waals surface area (Å²) in [7, 11) is 1.37. The Morgan fingerprint density at radius 1 is 1.09 bits per heavy atom. The summed E-state index contributed by atoms with van der Waals surface area (Å²) < 4.78 is 9.47. The van der Waals surface area contributed by atoms with Gasteiger partial charge in [0.25, 0.3) is 5.91 Å². The molecule has 1 heterocycles. The number of unbranched alkanes of at least 4 members (excludes halogenated alkanes) is 2. The highest BCUT2D eigenvalue weighted by Gasteiger charge is 2.08. The van der Waals surface area contributed by atoms with E-state index in [0.717, 1.165) is 19.3 Å². The maximum absolute atomic E-state index is 11.5. The van der Waals surface area contributed by atoms with Crippen LogP contribution >= 0.6 is 0 Å². The lowest BCUT2D eigenvalue weighted by Crippen LogP contribution is -2.31. The Hall–Kier alpha value is -2.31. The van der Waals surface area contributed by atoms with Crippen molar-refractivity contribution in [1.29, 1.82) is 0 Å². The predicted octanol–water partition coefficient (Wildman–Crippen LogP) is 1.25. The molecular formula is C15H22N2O5. The zero-order valence-electron chi connectivity index (χ0n) is 12.7. The molecule has 0 aliphatic carbocycles. The van der Waals surface area contributed by atoms with Crippen LogP contribution in [0.25, 0.3) is 0 Å². The summed E-state index contributed by atoms with van der Waals surface area (Å²) in [6, 6.07) is 3.19. The second-order valence-electron chi connectivity index (χ2n) is 4.72. The Morgan fingerprint density at radius 3 is 2.59 bits per heavy atom. The third-order valence-electron chi connectivity index (χ3n) is 2.99. The number of methoxy groups -OCH3 is 1. The van der Waals surface area contributed by atoms with Crippen LogP contribution in [-0.2, 0) is 14.3 Å². The van der Waals surface area contributed by atoms with Crippen molar-refractivity contribution in [2.45, 2.75) is 32.1 Å². The van der Waals surface area contributed by atoms with E-state index in [1.54, 1.807) is 12.1 Å². The highest BCUT2D eigenvalue weighted by molar-refractivity contribution is 5.91. The number of ether oxygens (including phenoxy) is 1. The molecule has 0 aliphatic rings. The molecule has 1 rings (SSSR count). The average molecular weight is 310 g/mol. The Bertz CT molecular complexity index is 470. The van der Waals surface area contributed by atoms with E-state index < -0.39 is 0 Å². The fraction of sp³-hybridized carbons (Fsp3) is 0.533. The Balaban J connectivity index is 1.97. The van der Waals surface area contributed by atoms with Crippen LogP contribution < -0.4 is 10.6 Å². The molecule has 7 nitrogen and oxygen atoms in total. The van der Waals surface area contributed by atoms with Crippen LogP contribution in [0.5, 0.6) is 0 Å². The predicted molar refractivity (Wildman–Crippen MR) is 79.2 cm³/mol. The standard InChI is InChI=1S/C15H22N2O5/c1-21-14(19)7-3-2-4-9-16-13(18)8-10-17-15(20)12-6-5-11-22-12/h5-6,11H,2-4,7-10H2,1H3,(H,16,18)(H,17,20). The third-order valence-corrected chi connectivity index (χ3v) is 2.99. The number of furan rings is 1. The van der Waals surface area contributed by atoms with Crippen LogP contribution in [0.3, 0.4) is 0 Å². The van der Waals surface area contributed by atoms with Crippen molar-refractivity contribution in [3.05, 3.63) is 24.2 Å². The first-order chi connectivity index (χ1) is 10.6. The molecule has 1 aromatic heterocycles. The SMILES string of the molecule is COC(=O)CCCCCNC(=O)CCNC(=O)c1ccco1. The molecule has 0 fully saturated rings. The number of esters is 1. The topological polar surface area (TPSA) is 97.6 Å². The van der Waals surface area contributed by atoms with Crippen molar-refractivity contribution in [2.75, 3.05) is 20.2 Å². The number of hydrogen-bond donors (Lipinski definition) is 2. The third kappa shape index (κ3) is 7.47. The Labute approximate surface area is 129 Å². The second-order valence-corrected chi connectivity index (χ2v) is 4.72. The summed E-state index contributed by atoms with van der Waals surface area (Å²) in [5.41, 5.74) is 0. The summed E-state index contributed by atoms with van der Waals surface area (Å²) in [6.45, 7) is 0.819. The molecule has 122 valence electrons. The van der Waals surface area contributed by atoms with E-state index in [1.165, 1.54) is 13.4 Å². The summed E-state index contributed by atoms with van der Waals surface area (Å²) >= 11 is 0. The molecule has 0 radical (unpaired) electrons. The molecule has 2 amide bonds. The lowest BCUT2D eigenvalue weighted by atomic mass is 10.2. The van der Waals surface area contributed by atoms with E-state index >= 15 is 0 Å². The number of carbonyl (C=O) groups is 3. The largest absolute Gasteiger partial charge is 0.469 e. The molecule has 22 heavy (non-hydrogen) atoms. The monoisotopic (exact) mass is 310 g/mol. The lowest BCUT2D eigenvalue weighted by Gasteiger charge is -2.06. The average Bonchev–Trinajstić information content (AvgIpc) is 3.04. The lowest BCUT2D eigenvalue weighted by molar-refractivity contribution is -0.140. The zero-order valence-corrected chi connectivity index (χ0v) is 12.7. The van der Waals surface area contributed by atoms with Gasteiger partial charge in [-0.3, -0.25) is 14.4 Å². The Morgan fingerprint density at radius 2 is 1.91 bits per heavy atom. The van der Waals surface area contributed by atoms with Crippen LogP contribution in [0.15, 0.2) is 22.8 Å². The van der Waals surface area contributed by atoms with Crippen molar-refractivity contribution >= 4 is 17.8 Å². The van der Waals surface area contributed by atoms with E-state index in [-0.39, 0.29) is 36.5 Å². The van der Waals surface area contributed by atoms with Crippen LogP contribution in [-0.4, -0.2) is 38.0 Å². The normalized spacial score (nSPS) is 10.0. The summed E-state index contributed by atoms with van der Waals surface area (Å²) in [4.78, 5) is 33.9. The molecule has 0 bridgehead atoms. The van der Waals surface area contributed by atoms with Gasteiger partial charge in [0.2, 0.25) is 5.91 Å². The van der Waals surface area contributed by atoms with Crippen LogP contribution in [0, 0.1) is 0 Å². The molecule has 1 aromatic rings. The quantitative estimate of drug-likeness (QED) is 0.500. The summed E-state index contributed by atoms with van der Waals surface area (Å²) in [5.74, 6) is -0.435. The van der Waals surface area contributed by atoms with Gasteiger partial charge in [0.15, 0.2) is 5.76 Å². The van der Waals surface area contributed by atoms with Gasteiger partial charge in [0.05, 0.1) is 13.4 Å². The van der Waals surface area contributed by atoms with Crippen LogP contribution in [0.1, 0.15) is 42.7 Å². The molecule has 0 atom stereocenters. The first kappa shape index (κ1) is 17.7. The minimum Gasteiger partial charge on any atom is -0.469 e. The van der Waals surface area contributed by atoms with Gasteiger partial charge in [-0.05, 0) is 25.0 Å². The molecule has 2 N–H and O–H groups in total. The smallest absolute Gasteiger partial charge is 0.305 e. The van der Waals surface area contributed by atoms with Gasteiger partial charge in [-0.2, -0.15) is 0 Å². The van der Waals surface area contributed by atoms with Crippen molar-refractivity contribution in [1.82, 2.24) is 10.6 Å². The van der Waals surface area contributed by atoms with Gasteiger partial charge in [-0.15, -0.1) is 0 Å². The van der Waals surface area contributed by atoms with Crippen molar-refractivity contribution in [3.63, 3.8) is 0 Å². The number of hydrogen-bond acceptors (Lipinski definition) is 5. The van der Waals surface area contributed by atoms with E-state index in [9.17, 15) is 14.4 Å². The maximum atomic E-state index is 11.5. The van der Waals surface area contributed by atoms with Gasteiger partial charge < -0.3 is 19.8 Å². The van der Waals surface area contributed by atoms with Crippen molar-refractivity contribution < 1.29 is 23.5 Å². The molecule has 0 aliphatic heterocycles. The first-order valence-electron chi connectivity index (χ1n) is 7.28. The molecule has 7 heteroatoms. The second kappa shape index (κ2) is 10.4. The molecule has 0 unspecified atom stereocenters. The van der Waals surface area contributed by atoms with Crippen molar-refractivity contribution in [3.8, 4) is 0 Å². The van der Waals surface area contributed by atoms with E-state index in [0.29, 0.717) is 13.0 Å². The fourth-order valence-electron chi connectivity index (χ4n) is 1.77. The van der Waals surface area contributed by atoms with Crippen LogP contribution in [0.4, 0.5) is 0 Å². The van der Waals surface area contributed by atoms with Gasteiger partial charge in [0.1, 0.15) is 0 Å². The summed E-state index contributed by atoms with van der Waals surface area (Å²) in [5, 5.41) is 5.36. The van der Waals surface area contributed by atoms with Gasteiger partial charge in [-0.25, -0.2) is 0 Å². The van der Waals surface area contributed by atoms with E-state index in [1.807, 2.05) is 0 Å². The number of nitrogens with one attached hydrogen (secondary N) is 2. The first-order valence-corrected chi connectivity index (χ1v) is 7.28. The van der Waals surface area contributed by atoms with E-state index in [2.05, 4.69) is 15.4 Å². The van der Waals surface area contributed by atoms with Gasteiger partial charge >= 0.3 is 5.97 Å². The molecular weight excluding hydrogens is 288 g/mol. The highest BCUT2D eigenvalue weighted by Crippen LogP contribution is 2.00. The molecule has 0 aromatic carbocycles. The van der Waals surface area contributed by atoms with Gasteiger partial charge in [0, 0.05) is 25.9 Å². The summed E-state index contributed by atoms with van der Waals surface area (Å²) in [6.07, 6.45) is 4.45. The molecule has 0 saturated carbocycles. The van der Waals surface area contributed by atoms with Gasteiger partial charge in [-0.1, -0.05) is 6.42 Å². The molecule has 0 spiro atoms.